The van der Waals surface area contributed by atoms with Crippen LogP contribution in [-0.4, -0.2) is 0 Å². The third-order valence-electron chi connectivity index (χ3n) is 7.67. The van der Waals surface area contributed by atoms with E-state index in [2.05, 4.69) is 133 Å². The van der Waals surface area contributed by atoms with Crippen LogP contribution in [-0.2, 0) is 21.7 Å². The summed E-state index contributed by atoms with van der Waals surface area (Å²) in [4.78, 5) is 0. The molecule has 204 valence electrons. The molecule has 38 heavy (non-hydrogen) atoms. The summed E-state index contributed by atoms with van der Waals surface area (Å²) in [7, 11) is 0. The van der Waals surface area contributed by atoms with Crippen LogP contribution in [0.25, 0.3) is 22.3 Å². The molecule has 0 nitrogen and oxygen atoms in total. The van der Waals surface area contributed by atoms with Gasteiger partial charge in [0.1, 0.15) is 5.41 Å². The molecule has 0 aliphatic heterocycles. The van der Waals surface area contributed by atoms with Gasteiger partial charge in [0.05, 0.1) is 17.0 Å². The largest absolute Gasteiger partial charge is 0.125 e. The monoisotopic (exact) mass is 549 g/mol. The normalized spacial score (nSPS) is 13.2. The Labute approximate surface area is 243 Å². The lowest BCUT2D eigenvalue weighted by Crippen LogP contribution is -2.17. The van der Waals surface area contributed by atoms with Gasteiger partial charge >= 0.3 is 0 Å². The van der Waals surface area contributed by atoms with E-state index in [1.54, 1.807) is 0 Å². The summed E-state index contributed by atoms with van der Waals surface area (Å²) in [5, 5.41) is 1.53. The zero-order valence-corrected chi connectivity index (χ0v) is 27.4. The molecular weight excluding hydrogens is 503 g/mol. The highest BCUT2D eigenvalue weighted by Gasteiger charge is 2.28. The summed E-state index contributed by atoms with van der Waals surface area (Å²) in [6.07, 6.45) is 0. The van der Waals surface area contributed by atoms with Crippen molar-refractivity contribution in [1.29, 1.82) is 0 Å². The van der Waals surface area contributed by atoms with E-state index in [-0.39, 0.29) is 21.7 Å². The number of benzene rings is 3. The molecule has 0 aliphatic rings. The second kappa shape index (κ2) is 9.94. The summed E-state index contributed by atoms with van der Waals surface area (Å²) in [5.41, 5.74) is 11.1. The van der Waals surface area contributed by atoms with Gasteiger partial charge in [0.25, 0.3) is 0 Å². The van der Waals surface area contributed by atoms with Crippen molar-refractivity contribution >= 4 is 23.2 Å². The van der Waals surface area contributed by atoms with Crippen molar-refractivity contribution in [3.8, 4) is 22.3 Å². The van der Waals surface area contributed by atoms with Gasteiger partial charge in [-0.25, -0.2) is 0 Å². The van der Waals surface area contributed by atoms with Crippen LogP contribution >= 0.6 is 23.2 Å². The van der Waals surface area contributed by atoms with Gasteiger partial charge in [-0.3, -0.25) is 0 Å². The molecule has 0 aromatic heterocycles. The molecule has 0 heterocycles. The second-order valence-corrected chi connectivity index (χ2v) is 15.6. The van der Waals surface area contributed by atoms with Crippen molar-refractivity contribution in [3.63, 3.8) is 0 Å². The zero-order chi connectivity index (χ0) is 29.2. The summed E-state index contributed by atoms with van der Waals surface area (Å²) in [5.74, 6) is 0. The van der Waals surface area contributed by atoms with Gasteiger partial charge < -0.3 is 0 Å². The molecule has 3 aromatic carbocycles. The molecular formula is C36H47Cl2+. The van der Waals surface area contributed by atoms with Gasteiger partial charge in [-0.05, 0) is 89.0 Å². The van der Waals surface area contributed by atoms with Crippen LogP contribution in [0.4, 0.5) is 0 Å². The van der Waals surface area contributed by atoms with E-state index in [0.717, 1.165) is 43.4 Å². The van der Waals surface area contributed by atoms with Crippen LogP contribution in [0.15, 0.2) is 36.4 Å². The van der Waals surface area contributed by atoms with E-state index < -0.39 is 0 Å². The van der Waals surface area contributed by atoms with Crippen LogP contribution in [0.3, 0.4) is 0 Å². The highest BCUT2D eigenvalue weighted by molar-refractivity contribution is 6.39. The molecule has 3 rings (SSSR count). The fraction of sp³-hybridized carbons (Fsp3) is 0.472. The van der Waals surface area contributed by atoms with E-state index >= 15 is 0 Å². The maximum Gasteiger partial charge on any atom is 0.125 e. The molecule has 0 N–H and O–H groups in total. The Hall–Kier alpha value is -1.89. The van der Waals surface area contributed by atoms with E-state index in [1.165, 1.54) is 22.3 Å². The second-order valence-electron chi connectivity index (χ2n) is 14.9. The van der Waals surface area contributed by atoms with E-state index in [4.69, 9.17) is 23.2 Å². The molecule has 0 unspecified atom stereocenters. The minimum Gasteiger partial charge on any atom is -0.0833 e. The summed E-state index contributed by atoms with van der Waals surface area (Å²) >= 11 is 14.6. The van der Waals surface area contributed by atoms with Crippen molar-refractivity contribution in [2.45, 2.75) is 112 Å². The van der Waals surface area contributed by atoms with Crippen LogP contribution < -0.4 is 0 Å². The standard InChI is InChI=1S/C36H47Cl2/c1-21-29(23-15-25(33(3,4)5)19-26(16-23)34(6,7)8)32(38)22(2)30(31(21)37)24-17-27(35(9,10)11)20-28(18-24)36(12,13)14/h15-20H,3H2,1-2,4-14H3/q+1. The van der Waals surface area contributed by atoms with E-state index in [0.29, 0.717) is 0 Å². The smallest absolute Gasteiger partial charge is 0.0833 e. The zero-order valence-electron chi connectivity index (χ0n) is 25.9. The number of hydrogen-bond acceptors (Lipinski definition) is 0. The lowest BCUT2D eigenvalue weighted by atomic mass is 9.77. The Morgan fingerprint density at radius 1 is 0.474 bits per heavy atom. The van der Waals surface area contributed by atoms with Crippen LogP contribution in [0.2, 0.25) is 10.0 Å². The van der Waals surface area contributed by atoms with Crippen molar-refractivity contribution < 1.29 is 0 Å². The van der Waals surface area contributed by atoms with Gasteiger partial charge in [0, 0.05) is 16.7 Å². The predicted octanol–water partition coefficient (Wildman–Crippen LogP) is 11.9. The summed E-state index contributed by atoms with van der Waals surface area (Å²) < 4.78 is 0. The molecule has 0 atom stereocenters. The van der Waals surface area contributed by atoms with Crippen molar-refractivity contribution in [2.24, 2.45) is 0 Å². The van der Waals surface area contributed by atoms with Gasteiger partial charge in [-0.2, -0.15) is 0 Å². The number of halogens is 2. The molecule has 0 saturated heterocycles. The highest BCUT2D eigenvalue weighted by Crippen LogP contribution is 2.47. The Kier molecular flexibility index (Phi) is 8.02. The van der Waals surface area contributed by atoms with Crippen LogP contribution in [0.1, 0.15) is 110 Å². The molecule has 3 aromatic rings. The molecule has 0 aliphatic carbocycles. The molecule has 2 heteroatoms. The fourth-order valence-electron chi connectivity index (χ4n) is 4.84. The van der Waals surface area contributed by atoms with Gasteiger partial charge in [0.2, 0.25) is 0 Å². The first-order valence-corrected chi connectivity index (χ1v) is 14.5. The molecule has 0 spiro atoms. The molecule has 0 amide bonds. The minimum absolute atomic E-state index is 0.00801. The van der Waals surface area contributed by atoms with E-state index in [1.807, 2.05) is 0 Å². The SMILES string of the molecule is [CH2+]C(C)(C)c1cc(-c2c(C)c(Cl)c(-c3cc(C(C)(C)C)cc(C(C)(C)C)c3)c(C)c2Cl)cc(C(C)(C)C)c1. The molecule has 0 saturated carbocycles. The summed E-state index contributed by atoms with van der Waals surface area (Å²) in [6.45, 7) is 33.3. The first-order chi connectivity index (χ1) is 17.0. The lowest BCUT2D eigenvalue weighted by Gasteiger charge is -2.28. The maximum absolute atomic E-state index is 7.28. The third-order valence-corrected chi connectivity index (χ3v) is 8.62. The molecule has 0 radical (unpaired) electrons. The fourth-order valence-corrected chi connectivity index (χ4v) is 5.53. The topological polar surface area (TPSA) is 0 Å². The first kappa shape index (κ1) is 30.6. The third kappa shape index (κ3) is 6.13. The first-order valence-electron chi connectivity index (χ1n) is 13.7. The van der Waals surface area contributed by atoms with Crippen molar-refractivity contribution in [3.05, 3.63) is 86.7 Å². The Balaban J connectivity index is 2.39. The van der Waals surface area contributed by atoms with Gasteiger partial charge in [0.15, 0.2) is 0 Å². The van der Waals surface area contributed by atoms with Crippen molar-refractivity contribution in [1.82, 2.24) is 0 Å². The minimum atomic E-state index is -0.230. The summed E-state index contributed by atoms with van der Waals surface area (Å²) in [6, 6.07) is 13.7. The lowest BCUT2D eigenvalue weighted by molar-refractivity contribution is 0.569. The average Bonchev–Trinajstić information content (AvgIpc) is 2.75. The molecule has 0 fully saturated rings. The van der Waals surface area contributed by atoms with Gasteiger partial charge in [-0.15, -0.1) is 0 Å². The molecule has 0 bridgehead atoms. The Morgan fingerprint density at radius 2 is 0.737 bits per heavy atom. The van der Waals surface area contributed by atoms with Gasteiger partial charge in [-0.1, -0.05) is 116 Å². The van der Waals surface area contributed by atoms with Crippen LogP contribution in [0, 0.1) is 20.8 Å². The Morgan fingerprint density at radius 3 is 1.00 bits per heavy atom. The van der Waals surface area contributed by atoms with Crippen LogP contribution in [0.5, 0.6) is 0 Å². The maximum atomic E-state index is 7.28. The number of hydrogen-bond donors (Lipinski definition) is 0. The van der Waals surface area contributed by atoms with E-state index in [9.17, 15) is 0 Å². The highest BCUT2D eigenvalue weighted by atomic mass is 35.5. The van der Waals surface area contributed by atoms with Crippen molar-refractivity contribution in [2.75, 3.05) is 0 Å². The average molecular weight is 551 g/mol. The predicted molar refractivity (Wildman–Crippen MR) is 171 cm³/mol. The Bertz CT molecular complexity index is 1160. The quantitative estimate of drug-likeness (QED) is 0.285. The number of rotatable bonds is 3.